The van der Waals surface area contributed by atoms with Crippen LogP contribution in [0, 0.1) is 46.3 Å². The highest BCUT2D eigenvalue weighted by Gasteiger charge is 2.59. The molecular formula is C33H60O2Si2. The smallest absolute Gasteiger partial charge is 0.242 e. The predicted molar refractivity (Wildman–Crippen MR) is 165 cm³/mol. The molecule has 0 aromatic heterocycles. The third-order valence-corrected chi connectivity index (χ3v) is 13.0. The van der Waals surface area contributed by atoms with E-state index in [1.807, 2.05) is 0 Å². The fraction of sp³-hybridized carbons (Fsp3) is 0.879. The molecule has 0 N–H and O–H groups in total. The van der Waals surface area contributed by atoms with Gasteiger partial charge in [0.1, 0.15) is 0 Å². The van der Waals surface area contributed by atoms with Gasteiger partial charge in [-0.05, 0) is 149 Å². The number of fused-ring (bicyclic) bond motifs is 5. The molecule has 0 spiro atoms. The van der Waals surface area contributed by atoms with Crippen molar-refractivity contribution in [3.05, 3.63) is 23.5 Å². The van der Waals surface area contributed by atoms with Gasteiger partial charge < -0.3 is 8.85 Å². The van der Waals surface area contributed by atoms with E-state index < -0.39 is 16.6 Å². The Labute approximate surface area is 232 Å². The van der Waals surface area contributed by atoms with Crippen LogP contribution >= 0.6 is 0 Å². The van der Waals surface area contributed by atoms with Crippen LogP contribution in [-0.4, -0.2) is 23.2 Å². The Morgan fingerprint density at radius 2 is 1.65 bits per heavy atom. The molecule has 8 atom stereocenters. The average molecular weight is 545 g/mol. The molecule has 212 valence electrons. The number of hydrogen-bond donors (Lipinski definition) is 0. The van der Waals surface area contributed by atoms with E-state index >= 15 is 0 Å². The van der Waals surface area contributed by atoms with Crippen LogP contribution in [0.4, 0.5) is 0 Å². The molecule has 0 aliphatic heterocycles. The molecule has 0 aromatic carbocycles. The lowest BCUT2D eigenvalue weighted by atomic mass is 9.47. The lowest BCUT2D eigenvalue weighted by Crippen LogP contribution is -2.50. The molecule has 4 aliphatic carbocycles. The second-order valence-corrected chi connectivity index (χ2v) is 25.1. The minimum atomic E-state index is -1.55. The molecule has 2 nitrogen and oxygen atoms in total. The lowest BCUT2D eigenvalue weighted by molar-refractivity contribution is -0.0551. The van der Waals surface area contributed by atoms with Gasteiger partial charge in [0.2, 0.25) is 8.32 Å². The standard InChI is InChI=1S/C33H60O2Si2/c1-24(23-34-36(5,6)7)12-11-13-25(2)29-16-17-30-28-15-14-26-22-27(35-37(8,9)10)18-20-32(26,3)31(28)19-21-33(29,30)4/h18,22,24-25,28-31H,11-17,19-21,23H2,1-10H3/t24?,25-,28?,29?,30?,31?,32?,33?/m0/s1. The number of rotatable bonds is 10. The zero-order valence-electron chi connectivity index (χ0n) is 26.2. The van der Waals surface area contributed by atoms with Crippen LogP contribution < -0.4 is 0 Å². The van der Waals surface area contributed by atoms with Crippen molar-refractivity contribution in [3.63, 3.8) is 0 Å². The van der Waals surface area contributed by atoms with Gasteiger partial charge in [0.15, 0.2) is 8.32 Å². The maximum Gasteiger partial charge on any atom is 0.242 e. The first kappa shape index (κ1) is 29.7. The highest BCUT2D eigenvalue weighted by Crippen LogP contribution is 2.67. The molecule has 3 saturated carbocycles. The Hall–Kier alpha value is -0.326. The van der Waals surface area contributed by atoms with Crippen molar-refractivity contribution in [2.75, 3.05) is 6.61 Å². The molecule has 0 amide bonds. The van der Waals surface area contributed by atoms with Crippen molar-refractivity contribution in [2.45, 2.75) is 131 Å². The first-order valence-electron chi connectivity index (χ1n) is 15.9. The van der Waals surface area contributed by atoms with Crippen LogP contribution in [0.25, 0.3) is 0 Å². The Morgan fingerprint density at radius 3 is 2.32 bits per heavy atom. The molecule has 0 bridgehead atoms. The van der Waals surface area contributed by atoms with Crippen molar-refractivity contribution in [1.82, 2.24) is 0 Å². The summed E-state index contributed by atoms with van der Waals surface area (Å²) in [5.41, 5.74) is 2.65. The third kappa shape index (κ3) is 6.54. The monoisotopic (exact) mass is 544 g/mol. The summed E-state index contributed by atoms with van der Waals surface area (Å²) in [7, 11) is -2.94. The Morgan fingerprint density at radius 1 is 0.919 bits per heavy atom. The SMILES string of the molecule is CC(CCC[C@H](C)C1CCC2C3CCC4=CC(O[Si](C)(C)C)=CCC4(C)C3CCC21C)CO[Si](C)(C)C. The van der Waals surface area contributed by atoms with E-state index in [9.17, 15) is 0 Å². The predicted octanol–water partition coefficient (Wildman–Crippen LogP) is 10.2. The van der Waals surface area contributed by atoms with Crippen LogP contribution in [-0.2, 0) is 8.85 Å². The highest BCUT2D eigenvalue weighted by molar-refractivity contribution is 6.70. The quantitative estimate of drug-likeness (QED) is 0.255. The van der Waals surface area contributed by atoms with Crippen molar-refractivity contribution in [3.8, 4) is 0 Å². The van der Waals surface area contributed by atoms with Gasteiger partial charge in [0, 0.05) is 6.61 Å². The Balaban J connectivity index is 1.35. The van der Waals surface area contributed by atoms with Crippen molar-refractivity contribution >= 4 is 16.6 Å². The Kier molecular flexibility index (Phi) is 8.75. The van der Waals surface area contributed by atoms with Crippen LogP contribution in [0.3, 0.4) is 0 Å². The molecule has 4 rings (SSSR count). The van der Waals surface area contributed by atoms with Crippen LogP contribution in [0.1, 0.15) is 91.9 Å². The summed E-state index contributed by atoms with van der Waals surface area (Å²) in [6, 6.07) is 0. The topological polar surface area (TPSA) is 18.5 Å². The maximum absolute atomic E-state index is 6.43. The molecule has 0 heterocycles. The highest BCUT2D eigenvalue weighted by atomic mass is 28.4. The van der Waals surface area contributed by atoms with Crippen LogP contribution in [0.15, 0.2) is 23.5 Å². The fourth-order valence-corrected chi connectivity index (χ4v) is 10.9. The van der Waals surface area contributed by atoms with E-state index in [1.54, 1.807) is 5.57 Å². The van der Waals surface area contributed by atoms with E-state index in [2.05, 4.69) is 79.1 Å². The van der Waals surface area contributed by atoms with E-state index in [1.165, 1.54) is 70.0 Å². The minimum absolute atomic E-state index is 0.369. The molecule has 0 aromatic rings. The van der Waals surface area contributed by atoms with Gasteiger partial charge in [-0.1, -0.05) is 46.1 Å². The first-order chi connectivity index (χ1) is 17.1. The van der Waals surface area contributed by atoms with Gasteiger partial charge in [-0.2, -0.15) is 0 Å². The van der Waals surface area contributed by atoms with Crippen molar-refractivity contribution in [1.29, 1.82) is 0 Å². The first-order valence-corrected chi connectivity index (χ1v) is 22.7. The summed E-state index contributed by atoms with van der Waals surface area (Å²) >= 11 is 0. The van der Waals surface area contributed by atoms with E-state index in [4.69, 9.17) is 8.85 Å². The molecule has 7 unspecified atom stereocenters. The molecule has 0 saturated heterocycles. The van der Waals surface area contributed by atoms with Gasteiger partial charge in [0.25, 0.3) is 0 Å². The molecule has 37 heavy (non-hydrogen) atoms. The van der Waals surface area contributed by atoms with E-state index in [0.717, 1.165) is 36.2 Å². The zero-order chi connectivity index (χ0) is 27.2. The number of hydrogen-bond acceptors (Lipinski definition) is 2. The van der Waals surface area contributed by atoms with E-state index in [-0.39, 0.29) is 0 Å². The summed E-state index contributed by atoms with van der Waals surface area (Å²) in [4.78, 5) is 0. The zero-order valence-corrected chi connectivity index (χ0v) is 28.2. The minimum Gasteiger partial charge on any atom is -0.545 e. The number of allylic oxidation sites excluding steroid dienone is 3. The maximum atomic E-state index is 6.43. The van der Waals surface area contributed by atoms with Crippen LogP contribution in [0.5, 0.6) is 0 Å². The molecule has 3 fully saturated rings. The normalized spacial score (nSPS) is 37.6. The second-order valence-electron chi connectivity index (χ2n) is 16.2. The van der Waals surface area contributed by atoms with Gasteiger partial charge in [0.05, 0.1) is 5.76 Å². The lowest BCUT2D eigenvalue weighted by Gasteiger charge is -2.58. The van der Waals surface area contributed by atoms with Crippen molar-refractivity contribution in [2.24, 2.45) is 46.3 Å². The largest absolute Gasteiger partial charge is 0.545 e. The summed E-state index contributed by atoms with van der Waals surface area (Å²) in [5, 5.41) is 0. The second kappa shape index (κ2) is 10.9. The fourth-order valence-electron chi connectivity index (χ4n) is 9.25. The summed E-state index contributed by atoms with van der Waals surface area (Å²) < 4.78 is 12.6. The summed E-state index contributed by atoms with van der Waals surface area (Å²) in [6.45, 7) is 25.1. The van der Waals surface area contributed by atoms with Crippen LogP contribution in [0.2, 0.25) is 39.3 Å². The molecular weight excluding hydrogens is 485 g/mol. The average Bonchev–Trinajstić information content (AvgIpc) is 3.14. The Bertz CT molecular complexity index is 865. The summed E-state index contributed by atoms with van der Waals surface area (Å²) in [5.74, 6) is 6.44. The van der Waals surface area contributed by atoms with Gasteiger partial charge in [-0.3, -0.25) is 0 Å². The van der Waals surface area contributed by atoms with Crippen molar-refractivity contribution < 1.29 is 8.85 Å². The third-order valence-electron chi connectivity index (χ3n) is 11.1. The molecule has 0 radical (unpaired) electrons. The summed E-state index contributed by atoms with van der Waals surface area (Å²) in [6.07, 6.45) is 18.8. The van der Waals surface area contributed by atoms with E-state index in [0.29, 0.717) is 16.7 Å². The van der Waals surface area contributed by atoms with Gasteiger partial charge >= 0.3 is 0 Å². The molecule has 4 heteroatoms. The van der Waals surface area contributed by atoms with Gasteiger partial charge in [-0.15, -0.1) is 0 Å². The molecule has 4 aliphatic rings. The van der Waals surface area contributed by atoms with Gasteiger partial charge in [-0.25, -0.2) is 0 Å².